The fourth-order valence-electron chi connectivity index (χ4n) is 1.51. The Morgan fingerprint density at radius 1 is 1.33 bits per heavy atom. The highest BCUT2D eigenvalue weighted by Gasteiger charge is 2.46. The minimum absolute atomic E-state index is 0.125. The van der Waals surface area contributed by atoms with E-state index < -0.39 is 0 Å². The number of amides is 1. The third-order valence-corrected chi connectivity index (χ3v) is 2.29. The van der Waals surface area contributed by atoms with Gasteiger partial charge in [-0.15, -0.1) is 0 Å². The minimum atomic E-state index is -0.125. The van der Waals surface area contributed by atoms with E-state index in [-0.39, 0.29) is 11.4 Å². The van der Waals surface area contributed by atoms with E-state index in [1.807, 2.05) is 0 Å². The SMILES string of the molecule is O=C1NCC[C@@]12CCN2. The van der Waals surface area contributed by atoms with E-state index in [0.29, 0.717) is 0 Å². The highest BCUT2D eigenvalue weighted by atomic mass is 16.2. The molecule has 50 valence electrons. The first-order valence-electron chi connectivity index (χ1n) is 3.37. The Labute approximate surface area is 53.8 Å². The molecule has 1 spiro atoms. The van der Waals surface area contributed by atoms with Crippen LogP contribution >= 0.6 is 0 Å². The van der Waals surface area contributed by atoms with Crippen molar-refractivity contribution in [3.8, 4) is 0 Å². The number of hydrogen-bond donors (Lipinski definition) is 2. The molecule has 2 N–H and O–H groups in total. The smallest absolute Gasteiger partial charge is 0.240 e. The van der Waals surface area contributed by atoms with Crippen LogP contribution in [0.1, 0.15) is 12.8 Å². The fourth-order valence-corrected chi connectivity index (χ4v) is 1.51. The summed E-state index contributed by atoms with van der Waals surface area (Å²) in [4.78, 5) is 11.0. The minimum Gasteiger partial charge on any atom is -0.354 e. The van der Waals surface area contributed by atoms with Crippen LogP contribution < -0.4 is 10.6 Å². The van der Waals surface area contributed by atoms with Gasteiger partial charge in [-0.05, 0) is 19.4 Å². The zero-order valence-electron chi connectivity index (χ0n) is 5.24. The molecule has 2 aliphatic heterocycles. The quantitative estimate of drug-likeness (QED) is 0.448. The van der Waals surface area contributed by atoms with Gasteiger partial charge in [-0.3, -0.25) is 4.79 Å². The van der Waals surface area contributed by atoms with E-state index in [4.69, 9.17) is 0 Å². The molecule has 0 unspecified atom stereocenters. The van der Waals surface area contributed by atoms with E-state index >= 15 is 0 Å². The summed E-state index contributed by atoms with van der Waals surface area (Å²) in [5, 5.41) is 5.97. The lowest BCUT2D eigenvalue weighted by atomic mass is 9.87. The number of rotatable bonds is 0. The second kappa shape index (κ2) is 1.48. The molecule has 0 radical (unpaired) electrons. The normalized spacial score (nSPS) is 40.7. The second-order valence-corrected chi connectivity index (χ2v) is 2.76. The van der Waals surface area contributed by atoms with E-state index in [1.165, 1.54) is 0 Å². The third kappa shape index (κ3) is 0.525. The first kappa shape index (κ1) is 5.23. The van der Waals surface area contributed by atoms with Gasteiger partial charge in [-0.1, -0.05) is 0 Å². The summed E-state index contributed by atoms with van der Waals surface area (Å²) in [7, 11) is 0. The Balaban J connectivity index is 2.17. The van der Waals surface area contributed by atoms with Crippen molar-refractivity contribution in [1.29, 1.82) is 0 Å². The zero-order valence-corrected chi connectivity index (χ0v) is 5.24. The molecule has 2 aliphatic rings. The summed E-state index contributed by atoms with van der Waals surface area (Å²) in [6, 6.07) is 0. The van der Waals surface area contributed by atoms with Crippen LogP contribution in [-0.4, -0.2) is 24.5 Å². The Morgan fingerprint density at radius 3 is 2.22 bits per heavy atom. The predicted molar refractivity (Wildman–Crippen MR) is 33.0 cm³/mol. The number of nitrogens with one attached hydrogen (secondary N) is 2. The van der Waals surface area contributed by atoms with E-state index in [2.05, 4.69) is 10.6 Å². The molecule has 0 aromatic rings. The molecular weight excluding hydrogens is 116 g/mol. The molecule has 2 saturated heterocycles. The molecule has 0 aromatic heterocycles. The van der Waals surface area contributed by atoms with Crippen molar-refractivity contribution in [2.75, 3.05) is 13.1 Å². The van der Waals surface area contributed by atoms with Gasteiger partial charge in [0.1, 0.15) is 5.54 Å². The summed E-state index contributed by atoms with van der Waals surface area (Å²) >= 11 is 0. The van der Waals surface area contributed by atoms with Crippen LogP contribution in [-0.2, 0) is 4.79 Å². The van der Waals surface area contributed by atoms with Gasteiger partial charge in [0.15, 0.2) is 0 Å². The summed E-state index contributed by atoms with van der Waals surface area (Å²) in [5.41, 5.74) is -0.125. The maximum Gasteiger partial charge on any atom is 0.240 e. The highest BCUT2D eigenvalue weighted by Crippen LogP contribution is 2.26. The molecule has 1 atom stereocenters. The predicted octanol–water partition coefficient (Wildman–Crippen LogP) is -0.762. The highest BCUT2D eigenvalue weighted by molar-refractivity contribution is 5.89. The Bertz CT molecular complexity index is 151. The molecule has 0 saturated carbocycles. The van der Waals surface area contributed by atoms with Gasteiger partial charge in [-0.2, -0.15) is 0 Å². The van der Waals surface area contributed by atoms with Gasteiger partial charge in [-0.25, -0.2) is 0 Å². The van der Waals surface area contributed by atoms with Crippen molar-refractivity contribution < 1.29 is 4.79 Å². The first-order valence-corrected chi connectivity index (χ1v) is 3.37. The van der Waals surface area contributed by atoms with Gasteiger partial charge in [0.25, 0.3) is 0 Å². The second-order valence-electron chi connectivity index (χ2n) is 2.76. The lowest BCUT2D eigenvalue weighted by molar-refractivity contribution is -0.127. The standard InChI is InChI=1S/C6H10N2O/c9-5-6(1-3-7-5)2-4-8-6/h8H,1-4H2,(H,7,9)/t6-/m1/s1. The van der Waals surface area contributed by atoms with Gasteiger partial charge in [0.2, 0.25) is 5.91 Å². The first-order chi connectivity index (χ1) is 4.33. The molecule has 1 amide bonds. The topological polar surface area (TPSA) is 41.1 Å². The van der Waals surface area contributed by atoms with Crippen LogP contribution in [0.5, 0.6) is 0 Å². The van der Waals surface area contributed by atoms with Crippen LogP contribution in [0.2, 0.25) is 0 Å². The summed E-state index contributed by atoms with van der Waals surface area (Å²) in [6.45, 7) is 1.86. The Hall–Kier alpha value is -0.570. The largest absolute Gasteiger partial charge is 0.354 e. The fraction of sp³-hybridized carbons (Fsp3) is 0.833. The van der Waals surface area contributed by atoms with Crippen LogP contribution in [0.15, 0.2) is 0 Å². The number of carbonyl (C=O) groups is 1. The molecular formula is C6H10N2O. The van der Waals surface area contributed by atoms with E-state index in [0.717, 1.165) is 25.9 Å². The van der Waals surface area contributed by atoms with Crippen molar-refractivity contribution >= 4 is 5.91 Å². The van der Waals surface area contributed by atoms with Crippen molar-refractivity contribution in [1.82, 2.24) is 10.6 Å². The molecule has 3 heteroatoms. The van der Waals surface area contributed by atoms with Crippen molar-refractivity contribution in [2.45, 2.75) is 18.4 Å². The monoisotopic (exact) mass is 126 g/mol. The zero-order chi connectivity index (χ0) is 6.32. The lowest BCUT2D eigenvalue weighted by Gasteiger charge is -2.36. The number of hydrogen-bond acceptors (Lipinski definition) is 2. The summed E-state index contributed by atoms with van der Waals surface area (Å²) < 4.78 is 0. The molecule has 2 rings (SSSR count). The molecule has 9 heavy (non-hydrogen) atoms. The van der Waals surface area contributed by atoms with Crippen LogP contribution in [0, 0.1) is 0 Å². The third-order valence-electron chi connectivity index (χ3n) is 2.29. The molecule has 3 nitrogen and oxygen atoms in total. The van der Waals surface area contributed by atoms with Gasteiger partial charge in [0, 0.05) is 6.54 Å². The maximum atomic E-state index is 11.0. The molecule has 2 heterocycles. The lowest BCUT2D eigenvalue weighted by Crippen LogP contribution is -2.61. The van der Waals surface area contributed by atoms with Crippen molar-refractivity contribution in [2.24, 2.45) is 0 Å². The summed E-state index contributed by atoms with van der Waals surface area (Å²) in [5.74, 6) is 0.203. The molecule has 0 aromatic carbocycles. The molecule has 0 bridgehead atoms. The molecule has 0 aliphatic carbocycles. The van der Waals surface area contributed by atoms with Gasteiger partial charge < -0.3 is 10.6 Å². The van der Waals surface area contributed by atoms with Crippen molar-refractivity contribution in [3.63, 3.8) is 0 Å². The maximum absolute atomic E-state index is 11.0. The Morgan fingerprint density at radius 2 is 2.00 bits per heavy atom. The average molecular weight is 126 g/mol. The van der Waals surface area contributed by atoms with E-state index in [9.17, 15) is 4.79 Å². The summed E-state index contributed by atoms with van der Waals surface area (Å²) in [6.07, 6.45) is 2.00. The Kier molecular flexibility index (Phi) is 0.858. The van der Waals surface area contributed by atoms with E-state index in [1.54, 1.807) is 0 Å². The van der Waals surface area contributed by atoms with Crippen LogP contribution in [0.25, 0.3) is 0 Å². The average Bonchev–Trinajstić information content (AvgIpc) is 2.07. The van der Waals surface area contributed by atoms with Crippen molar-refractivity contribution in [3.05, 3.63) is 0 Å². The van der Waals surface area contributed by atoms with Gasteiger partial charge >= 0.3 is 0 Å². The van der Waals surface area contributed by atoms with Crippen LogP contribution in [0.4, 0.5) is 0 Å². The van der Waals surface area contributed by atoms with Crippen LogP contribution in [0.3, 0.4) is 0 Å². The van der Waals surface area contributed by atoms with Gasteiger partial charge in [0.05, 0.1) is 0 Å². The molecule has 2 fully saturated rings. The number of carbonyl (C=O) groups excluding carboxylic acids is 1.